The van der Waals surface area contributed by atoms with Crippen molar-refractivity contribution < 1.29 is 0 Å². The van der Waals surface area contributed by atoms with Crippen LogP contribution in [-0.4, -0.2) is 7.28 Å². The van der Waals surface area contributed by atoms with Crippen molar-refractivity contribution in [3.05, 3.63) is 26.5 Å². The van der Waals surface area contributed by atoms with Gasteiger partial charge in [-0.25, -0.2) is 0 Å². The maximum Gasteiger partial charge on any atom is 0.224 e. The summed E-state index contributed by atoms with van der Waals surface area (Å²) in [6.07, 6.45) is 3.24. The van der Waals surface area contributed by atoms with E-state index in [2.05, 4.69) is 13.8 Å². The molecule has 2 nitrogen and oxygen atoms in total. The van der Waals surface area contributed by atoms with Gasteiger partial charge < -0.3 is 0 Å². The first kappa shape index (κ1) is 10.2. The van der Waals surface area contributed by atoms with Crippen LogP contribution in [0.4, 0.5) is 0 Å². The average molecular weight is 177 g/mol. The molecule has 0 aliphatic carbocycles. The third-order valence-electron chi connectivity index (χ3n) is 2.37. The summed E-state index contributed by atoms with van der Waals surface area (Å²) < 4.78 is 0. The van der Waals surface area contributed by atoms with Gasteiger partial charge in [-0.05, 0) is 11.5 Å². The zero-order chi connectivity index (χ0) is 9.84. The highest BCUT2D eigenvalue weighted by Gasteiger charge is 2.15. The molecule has 3 heteroatoms. The molecule has 1 aromatic rings. The summed E-state index contributed by atoms with van der Waals surface area (Å²) >= 11 is 0. The molecular formula is C10H14BO2. The Morgan fingerprint density at radius 1 is 1.38 bits per heavy atom. The Bertz CT molecular complexity index is 336. The maximum absolute atomic E-state index is 11.0. The molecular weight excluding hydrogens is 163 g/mol. The van der Waals surface area contributed by atoms with E-state index >= 15 is 0 Å². The fourth-order valence-corrected chi connectivity index (χ4v) is 1.49. The fourth-order valence-electron chi connectivity index (χ4n) is 1.49. The molecule has 1 unspecified atom stereocenters. The molecule has 0 aliphatic heterocycles. The Hall–Kier alpha value is -0.855. The van der Waals surface area contributed by atoms with E-state index in [0.29, 0.717) is 11.3 Å². The Balaban J connectivity index is 2.54. The monoisotopic (exact) mass is 177 g/mol. The molecule has 0 amide bonds. The largest absolute Gasteiger partial charge is 0.286 e. The Labute approximate surface area is 78.9 Å². The molecule has 0 aliphatic rings. The summed E-state index contributed by atoms with van der Waals surface area (Å²) in [6, 6.07) is 1.43. The second-order valence-electron chi connectivity index (χ2n) is 3.42. The summed E-state index contributed by atoms with van der Waals surface area (Å²) in [6.45, 7) is 4.22. The summed E-state index contributed by atoms with van der Waals surface area (Å²) in [5.74, 6) is 0.452. The Morgan fingerprint density at radius 2 is 2.08 bits per heavy atom. The first-order chi connectivity index (χ1) is 6.19. The maximum atomic E-state index is 11.0. The third kappa shape index (κ3) is 2.30. The highest BCUT2D eigenvalue weighted by Crippen LogP contribution is 2.14. The van der Waals surface area contributed by atoms with Crippen LogP contribution in [-0.2, 0) is 0 Å². The minimum absolute atomic E-state index is 0.311. The Morgan fingerprint density at radius 3 is 2.46 bits per heavy atom. The number of rotatable bonds is 5. The minimum atomic E-state index is -0.349. The third-order valence-corrected chi connectivity index (χ3v) is 2.37. The lowest BCUT2D eigenvalue weighted by Gasteiger charge is -2.11. The van der Waals surface area contributed by atoms with Gasteiger partial charge in [0, 0.05) is 0 Å². The molecule has 1 aromatic carbocycles. The zero-order valence-electron chi connectivity index (χ0n) is 8.17. The van der Waals surface area contributed by atoms with Gasteiger partial charge in [0.15, 0.2) is 7.28 Å². The molecule has 0 bridgehead atoms. The summed E-state index contributed by atoms with van der Waals surface area (Å²) in [7, 11) is 1.94. The SMILES string of the molecule is CCCC([B]c1cc(=O)c1=O)CC. The van der Waals surface area contributed by atoms with Gasteiger partial charge in [-0.15, -0.1) is 0 Å². The molecule has 0 saturated carbocycles. The van der Waals surface area contributed by atoms with Crippen molar-refractivity contribution in [2.24, 2.45) is 0 Å². The van der Waals surface area contributed by atoms with E-state index in [0.717, 1.165) is 19.3 Å². The lowest BCUT2D eigenvalue weighted by Crippen LogP contribution is -2.50. The lowest BCUT2D eigenvalue weighted by atomic mass is 9.55. The van der Waals surface area contributed by atoms with Crippen LogP contribution >= 0.6 is 0 Å². The quantitative estimate of drug-likeness (QED) is 0.487. The summed E-state index contributed by atoms with van der Waals surface area (Å²) in [5, 5.41) is 0. The average Bonchev–Trinajstić information content (AvgIpc) is 2.15. The molecule has 0 saturated heterocycles. The van der Waals surface area contributed by atoms with Crippen LogP contribution in [0.15, 0.2) is 15.7 Å². The van der Waals surface area contributed by atoms with Gasteiger partial charge in [-0.3, -0.25) is 9.59 Å². The van der Waals surface area contributed by atoms with E-state index in [1.54, 1.807) is 0 Å². The molecule has 69 valence electrons. The van der Waals surface area contributed by atoms with Crippen molar-refractivity contribution in [1.82, 2.24) is 0 Å². The minimum Gasteiger partial charge on any atom is -0.286 e. The standard InChI is InChI=1S/C10H14BO2/c1-3-5-7(4-2)11-8-6-9(12)10(8)13/h6-7H,3-5H2,1-2H3. The van der Waals surface area contributed by atoms with E-state index in [9.17, 15) is 9.59 Å². The van der Waals surface area contributed by atoms with E-state index < -0.39 is 0 Å². The molecule has 0 spiro atoms. The van der Waals surface area contributed by atoms with Crippen LogP contribution < -0.4 is 16.3 Å². The van der Waals surface area contributed by atoms with Crippen molar-refractivity contribution in [1.29, 1.82) is 0 Å². The van der Waals surface area contributed by atoms with Crippen LogP contribution in [0, 0.1) is 0 Å². The second kappa shape index (κ2) is 4.40. The van der Waals surface area contributed by atoms with Crippen LogP contribution in [0.5, 0.6) is 0 Å². The second-order valence-corrected chi connectivity index (χ2v) is 3.42. The number of hydrogen-bond donors (Lipinski definition) is 0. The van der Waals surface area contributed by atoms with Crippen molar-refractivity contribution in [2.75, 3.05) is 0 Å². The van der Waals surface area contributed by atoms with E-state index in [1.165, 1.54) is 6.07 Å². The fraction of sp³-hybridized carbons (Fsp3) is 0.600. The van der Waals surface area contributed by atoms with Crippen LogP contribution in [0.1, 0.15) is 33.1 Å². The molecule has 1 radical (unpaired) electrons. The van der Waals surface area contributed by atoms with E-state index in [4.69, 9.17) is 0 Å². The molecule has 0 fully saturated rings. The van der Waals surface area contributed by atoms with Gasteiger partial charge in [0.2, 0.25) is 10.9 Å². The predicted octanol–water partition coefficient (Wildman–Crippen LogP) is 0.611. The van der Waals surface area contributed by atoms with E-state index in [-0.39, 0.29) is 10.9 Å². The number of hydrogen-bond acceptors (Lipinski definition) is 2. The molecule has 1 rings (SSSR count). The topological polar surface area (TPSA) is 34.1 Å². The lowest BCUT2D eigenvalue weighted by molar-refractivity contribution is 0.695. The smallest absolute Gasteiger partial charge is 0.224 e. The first-order valence-electron chi connectivity index (χ1n) is 4.84. The normalized spacial score (nSPS) is 13.1. The van der Waals surface area contributed by atoms with Gasteiger partial charge in [-0.2, -0.15) is 0 Å². The van der Waals surface area contributed by atoms with Gasteiger partial charge in [0.05, 0.1) is 0 Å². The summed E-state index contributed by atoms with van der Waals surface area (Å²) in [5.41, 5.74) is -0.0440. The molecule has 0 heterocycles. The van der Waals surface area contributed by atoms with Gasteiger partial charge >= 0.3 is 0 Å². The van der Waals surface area contributed by atoms with Crippen LogP contribution in [0.25, 0.3) is 0 Å². The highest BCUT2D eigenvalue weighted by atomic mass is 16.2. The van der Waals surface area contributed by atoms with Crippen LogP contribution in [0.3, 0.4) is 0 Å². The molecule has 1 atom stereocenters. The van der Waals surface area contributed by atoms with Crippen molar-refractivity contribution >= 4 is 12.7 Å². The van der Waals surface area contributed by atoms with Crippen LogP contribution in [0.2, 0.25) is 5.82 Å². The van der Waals surface area contributed by atoms with Gasteiger partial charge in [0.25, 0.3) is 0 Å². The molecule has 0 aromatic heterocycles. The van der Waals surface area contributed by atoms with Gasteiger partial charge in [0.1, 0.15) is 0 Å². The van der Waals surface area contributed by atoms with E-state index in [1.807, 2.05) is 7.28 Å². The highest BCUT2D eigenvalue weighted by molar-refractivity contribution is 6.55. The zero-order valence-corrected chi connectivity index (χ0v) is 8.17. The Kier molecular flexibility index (Phi) is 3.46. The van der Waals surface area contributed by atoms with Crippen molar-refractivity contribution in [2.45, 2.75) is 38.9 Å². The molecule has 0 N–H and O–H groups in total. The van der Waals surface area contributed by atoms with Crippen molar-refractivity contribution in [3.8, 4) is 0 Å². The van der Waals surface area contributed by atoms with Crippen molar-refractivity contribution in [3.63, 3.8) is 0 Å². The van der Waals surface area contributed by atoms with Gasteiger partial charge in [-0.1, -0.05) is 38.9 Å². The predicted molar refractivity (Wildman–Crippen MR) is 55.7 cm³/mol. The molecule has 13 heavy (non-hydrogen) atoms. The first-order valence-corrected chi connectivity index (χ1v) is 4.84. The summed E-state index contributed by atoms with van der Waals surface area (Å²) in [4.78, 5) is 21.6.